The van der Waals surface area contributed by atoms with Crippen LogP contribution in [0.25, 0.3) is 21.3 Å². The lowest BCUT2D eigenvalue weighted by molar-refractivity contribution is -0.385. The molecule has 2 amide bonds. The maximum absolute atomic E-state index is 13.7. The molecule has 10 nitrogen and oxygen atoms in total. The third kappa shape index (κ3) is 4.74. The van der Waals surface area contributed by atoms with Crippen molar-refractivity contribution in [2.45, 2.75) is 33.0 Å². The summed E-state index contributed by atoms with van der Waals surface area (Å²) in [5.41, 5.74) is 5.45. The summed E-state index contributed by atoms with van der Waals surface area (Å²) in [6.45, 7) is 4.66. The molecule has 1 atom stereocenters. The lowest BCUT2D eigenvalue weighted by atomic mass is 10.00. The molecule has 37 heavy (non-hydrogen) atoms. The highest BCUT2D eigenvalue weighted by molar-refractivity contribution is 7.21. The number of anilines is 1. The Morgan fingerprint density at radius 3 is 2.41 bits per heavy atom. The number of rotatable bonds is 6. The Morgan fingerprint density at radius 1 is 1.22 bits per heavy atom. The van der Waals surface area contributed by atoms with Gasteiger partial charge in [0, 0.05) is 5.39 Å². The summed E-state index contributed by atoms with van der Waals surface area (Å²) in [5, 5.41) is 17.8. The Bertz CT molecular complexity index is 1560. The minimum Gasteiger partial charge on any atom is -0.365 e. The Balaban J connectivity index is 1.90. The van der Waals surface area contributed by atoms with Crippen LogP contribution in [0.5, 0.6) is 0 Å². The van der Waals surface area contributed by atoms with Gasteiger partial charge in [-0.15, -0.1) is 11.3 Å². The van der Waals surface area contributed by atoms with Gasteiger partial charge in [0.15, 0.2) is 0 Å². The van der Waals surface area contributed by atoms with E-state index in [0.717, 1.165) is 22.5 Å². The van der Waals surface area contributed by atoms with E-state index in [1.807, 2.05) is 6.92 Å². The molecule has 0 bridgehead atoms. The quantitative estimate of drug-likeness (QED) is 0.264. The highest BCUT2D eigenvalue weighted by Crippen LogP contribution is 2.44. The molecule has 14 heteroatoms. The number of aromatic nitrogens is 3. The SMILES string of the molecule is Cc1ccc(-c2cc(C(F)(F)F)nc3sc(C(N)=O)c(NC(=O)C(C)n4ncc([N+](=O)[O-])c4C)c23)cc1. The first kappa shape index (κ1) is 25.8. The number of aryl methyl sites for hydroxylation is 1. The topological polar surface area (TPSA) is 146 Å². The molecular weight excluding hydrogens is 513 g/mol. The molecule has 4 aromatic rings. The molecule has 0 spiro atoms. The first-order valence-electron chi connectivity index (χ1n) is 10.7. The van der Waals surface area contributed by atoms with Gasteiger partial charge in [0.25, 0.3) is 5.91 Å². The lowest BCUT2D eigenvalue weighted by Crippen LogP contribution is -2.26. The number of hydrogen-bond donors (Lipinski definition) is 2. The molecule has 0 aliphatic heterocycles. The van der Waals surface area contributed by atoms with E-state index >= 15 is 0 Å². The minimum absolute atomic E-state index is 0.0925. The number of amides is 2. The first-order chi connectivity index (χ1) is 17.3. The van der Waals surface area contributed by atoms with Crippen molar-refractivity contribution < 1.29 is 27.7 Å². The third-order valence-electron chi connectivity index (χ3n) is 5.75. The smallest absolute Gasteiger partial charge is 0.365 e. The van der Waals surface area contributed by atoms with E-state index < -0.39 is 34.6 Å². The van der Waals surface area contributed by atoms with Crippen molar-refractivity contribution in [2.24, 2.45) is 5.73 Å². The number of carbonyl (C=O) groups is 2. The van der Waals surface area contributed by atoms with E-state index in [9.17, 15) is 32.9 Å². The normalized spacial score (nSPS) is 12.5. The highest BCUT2D eigenvalue weighted by Gasteiger charge is 2.35. The molecule has 0 saturated carbocycles. The van der Waals surface area contributed by atoms with Gasteiger partial charge in [0.2, 0.25) is 5.91 Å². The zero-order valence-corrected chi connectivity index (χ0v) is 20.4. The van der Waals surface area contributed by atoms with Crippen molar-refractivity contribution in [3.63, 3.8) is 0 Å². The molecule has 1 aromatic carbocycles. The van der Waals surface area contributed by atoms with E-state index in [1.165, 1.54) is 13.8 Å². The predicted molar refractivity (Wildman–Crippen MR) is 130 cm³/mol. The summed E-state index contributed by atoms with van der Waals surface area (Å²) in [4.78, 5) is 39.3. The summed E-state index contributed by atoms with van der Waals surface area (Å²) < 4.78 is 42.1. The lowest BCUT2D eigenvalue weighted by Gasteiger charge is -2.16. The van der Waals surface area contributed by atoms with Crippen LogP contribution in [0.4, 0.5) is 24.5 Å². The number of nitrogens with zero attached hydrogens (tertiary/aromatic N) is 4. The fourth-order valence-corrected chi connectivity index (χ4v) is 4.83. The number of nitro groups is 1. The average Bonchev–Trinajstić information content (AvgIpc) is 3.38. The average molecular weight is 533 g/mol. The zero-order chi connectivity index (χ0) is 27.2. The monoisotopic (exact) mass is 532 g/mol. The fourth-order valence-electron chi connectivity index (χ4n) is 3.82. The molecule has 0 aliphatic carbocycles. The number of nitrogens with two attached hydrogens (primary N) is 1. The van der Waals surface area contributed by atoms with Crippen LogP contribution in [0.3, 0.4) is 0 Å². The van der Waals surface area contributed by atoms with Crippen molar-refractivity contribution in [3.05, 3.63) is 68.5 Å². The van der Waals surface area contributed by atoms with Crippen molar-refractivity contribution in [1.82, 2.24) is 14.8 Å². The van der Waals surface area contributed by atoms with Gasteiger partial charge in [-0.3, -0.25) is 24.4 Å². The van der Waals surface area contributed by atoms with E-state index in [-0.39, 0.29) is 37.7 Å². The molecule has 0 aliphatic rings. The van der Waals surface area contributed by atoms with Crippen molar-refractivity contribution in [2.75, 3.05) is 5.32 Å². The summed E-state index contributed by atoms with van der Waals surface area (Å²) >= 11 is 0.623. The van der Waals surface area contributed by atoms with Gasteiger partial charge in [0.05, 0.1) is 10.6 Å². The second-order valence-electron chi connectivity index (χ2n) is 8.25. The number of hydrogen-bond acceptors (Lipinski definition) is 7. The van der Waals surface area contributed by atoms with Gasteiger partial charge in [-0.1, -0.05) is 29.8 Å². The van der Waals surface area contributed by atoms with E-state index in [0.29, 0.717) is 16.9 Å². The maximum atomic E-state index is 13.7. The Labute approximate surface area is 211 Å². The van der Waals surface area contributed by atoms with Crippen LogP contribution in [-0.2, 0) is 11.0 Å². The van der Waals surface area contributed by atoms with Crippen LogP contribution in [0.2, 0.25) is 0 Å². The number of fused-ring (bicyclic) bond motifs is 1. The fraction of sp³-hybridized carbons (Fsp3) is 0.217. The molecule has 3 heterocycles. The van der Waals surface area contributed by atoms with Gasteiger partial charge >= 0.3 is 11.9 Å². The van der Waals surface area contributed by atoms with Crippen LogP contribution in [0.15, 0.2) is 36.5 Å². The molecule has 1 unspecified atom stereocenters. The van der Waals surface area contributed by atoms with Gasteiger partial charge in [0.1, 0.15) is 33.3 Å². The zero-order valence-electron chi connectivity index (χ0n) is 19.6. The van der Waals surface area contributed by atoms with E-state index in [4.69, 9.17) is 5.73 Å². The number of alkyl halides is 3. The van der Waals surface area contributed by atoms with Gasteiger partial charge in [-0.05, 0) is 38.0 Å². The molecular formula is C23H19F3N6O4S. The van der Waals surface area contributed by atoms with E-state index in [2.05, 4.69) is 15.4 Å². The Morgan fingerprint density at radius 2 is 1.86 bits per heavy atom. The largest absolute Gasteiger partial charge is 0.433 e. The predicted octanol–water partition coefficient (Wildman–Crippen LogP) is 5.00. The number of nitrogens with one attached hydrogen (secondary N) is 1. The molecule has 3 N–H and O–H groups in total. The molecule has 192 valence electrons. The summed E-state index contributed by atoms with van der Waals surface area (Å²) in [6, 6.07) is 6.44. The van der Waals surface area contributed by atoms with Crippen molar-refractivity contribution in [1.29, 1.82) is 0 Å². The molecule has 0 saturated heterocycles. The first-order valence-corrected chi connectivity index (χ1v) is 11.5. The number of primary amides is 1. The van der Waals surface area contributed by atoms with Crippen LogP contribution in [0, 0.1) is 24.0 Å². The Hall–Kier alpha value is -4.33. The minimum atomic E-state index is -4.77. The number of halogens is 3. The standard InChI is InChI=1S/C23H19F3N6O4S/c1-10-4-6-13(7-5-10)14-8-16(23(24,25)26)29-22-17(14)18(19(37-22)20(27)33)30-21(34)12(3)31-11(2)15(9-28-31)32(35)36/h4-9,12H,1-3H3,(H2,27,33)(H,30,34). The highest BCUT2D eigenvalue weighted by atomic mass is 32.1. The number of pyridine rings is 1. The molecule has 4 rings (SSSR count). The van der Waals surface area contributed by atoms with Crippen LogP contribution < -0.4 is 11.1 Å². The summed E-state index contributed by atoms with van der Waals surface area (Å²) in [6.07, 6.45) is -3.76. The van der Waals surface area contributed by atoms with Crippen LogP contribution >= 0.6 is 11.3 Å². The summed E-state index contributed by atoms with van der Waals surface area (Å²) in [5.74, 6) is -1.70. The van der Waals surface area contributed by atoms with Crippen molar-refractivity contribution in [3.8, 4) is 11.1 Å². The maximum Gasteiger partial charge on any atom is 0.433 e. The van der Waals surface area contributed by atoms with Crippen molar-refractivity contribution >= 4 is 44.7 Å². The molecule has 3 aromatic heterocycles. The number of carbonyl (C=O) groups excluding carboxylic acids is 2. The van der Waals surface area contributed by atoms with Crippen LogP contribution in [-0.4, -0.2) is 31.5 Å². The van der Waals surface area contributed by atoms with E-state index in [1.54, 1.807) is 24.3 Å². The number of thiophene rings is 1. The van der Waals surface area contributed by atoms with Crippen LogP contribution in [0.1, 0.15) is 39.6 Å². The molecule has 0 fully saturated rings. The number of benzene rings is 1. The second kappa shape index (κ2) is 9.28. The van der Waals surface area contributed by atoms with Gasteiger partial charge < -0.3 is 11.1 Å². The van der Waals surface area contributed by atoms with Gasteiger partial charge in [-0.25, -0.2) is 4.98 Å². The Kier molecular flexibility index (Phi) is 6.46. The van der Waals surface area contributed by atoms with Gasteiger partial charge in [-0.2, -0.15) is 18.3 Å². The summed E-state index contributed by atoms with van der Waals surface area (Å²) in [7, 11) is 0. The third-order valence-corrected chi connectivity index (χ3v) is 6.85. The second-order valence-corrected chi connectivity index (χ2v) is 9.25. The molecule has 0 radical (unpaired) electrons.